The van der Waals surface area contributed by atoms with E-state index in [1.54, 1.807) is 6.92 Å². The molecule has 0 aromatic carbocycles. The summed E-state index contributed by atoms with van der Waals surface area (Å²) in [5.41, 5.74) is -0.730. The number of rotatable bonds is 0. The molecule has 0 unspecified atom stereocenters. The molecule has 4 fully saturated rings. The number of esters is 1. The van der Waals surface area contributed by atoms with Gasteiger partial charge in [-0.3, -0.25) is 9.59 Å². The fourth-order valence-corrected chi connectivity index (χ4v) is 7.14. The van der Waals surface area contributed by atoms with Crippen LogP contribution >= 0.6 is 0 Å². The summed E-state index contributed by atoms with van der Waals surface area (Å²) in [7, 11) is 0. The largest absolute Gasteiger partial charge is 0.462 e. The minimum absolute atomic E-state index is 0.0436. The zero-order chi connectivity index (χ0) is 19.5. The Morgan fingerprint density at radius 1 is 1.22 bits per heavy atom. The molecule has 5 aliphatic rings. The van der Waals surface area contributed by atoms with Crippen LogP contribution in [0.5, 0.6) is 0 Å². The molecule has 5 rings (SSSR count). The normalized spacial score (nSPS) is 56.2. The summed E-state index contributed by atoms with van der Waals surface area (Å²) < 4.78 is 11.5. The summed E-state index contributed by atoms with van der Waals surface area (Å²) in [6, 6.07) is 0. The van der Waals surface area contributed by atoms with Crippen LogP contribution in [0.3, 0.4) is 0 Å². The molecule has 1 spiro atoms. The van der Waals surface area contributed by atoms with Crippen molar-refractivity contribution in [2.75, 3.05) is 6.61 Å². The number of hydrogen-bond acceptors (Lipinski definition) is 7. The number of ether oxygens (including phenoxy) is 2. The SMILES string of the molecule is C=C1[C@H](O)[C@]2(O)OC[C@@]34[C@@H](C[C@H]5C(C)=CC(=O)[C@@H](O)[C@]5(C)[C@H]23)OC(=O)C[C@@H]14. The first-order valence-electron chi connectivity index (χ1n) is 9.41. The molecule has 146 valence electrons. The number of aliphatic hydroxyl groups is 3. The second-order valence-electron chi connectivity index (χ2n) is 9.15. The molecule has 3 N–H and O–H groups in total. The Labute approximate surface area is 156 Å². The van der Waals surface area contributed by atoms with Crippen LogP contribution in [0.1, 0.15) is 26.7 Å². The summed E-state index contributed by atoms with van der Waals surface area (Å²) in [5, 5.41) is 33.3. The molecule has 9 atom stereocenters. The molecule has 0 aromatic heterocycles. The number of allylic oxidation sites excluding steroid dienone is 1. The zero-order valence-electron chi connectivity index (χ0n) is 15.3. The minimum Gasteiger partial charge on any atom is -0.462 e. The maximum absolute atomic E-state index is 12.5. The van der Waals surface area contributed by atoms with Crippen molar-refractivity contribution in [1.82, 2.24) is 0 Å². The van der Waals surface area contributed by atoms with Crippen molar-refractivity contribution < 1.29 is 34.4 Å². The first-order valence-corrected chi connectivity index (χ1v) is 9.41. The molecule has 7 nitrogen and oxygen atoms in total. The van der Waals surface area contributed by atoms with Gasteiger partial charge in [0.2, 0.25) is 0 Å². The molecule has 2 saturated heterocycles. The number of fused-ring (bicyclic) bond motifs is 1. The van der Waals surface area contributed by atoms with Gasteiger partial charge in [-0.05, 0) is 30.9 Å². The van der Waals surface area contributed by atoms with E-state index in [1.807, 2.05) is 6.92 Å². The third-order valence-corrected chi connectivity index (χ3v) is 8.19. The summed E-state index contributed by atoms with van der Waals surface area (Å²) in [6.07, 6.45) is -1.36. The van der Waals surface area contributed by atoms with E-state index in [-0.39, 0.29) is 24.9 Å². The highest BCUT2D eigenvalue weighted by Crippen LogP contribution is 2.73. The molecule has 2 bridgehead atoms. The Hall–Kier alpha value is -1.54. The average molecular weight is 376 g/mol. The third-order valence-electron chi connectivity index (χ3n) is 8.19. The van der Waals surface area contributed by atoms with Gasteiger partial charge in [0.05, 0.1) is 13.0 Å². The Morgan fingerprint density at radius 2 is 1.93 bits per heavy atom. The van der Waals surface area contributed by atoms with Crippen LogP contribution in [0, 0.1) is 28.6 Å². The van der Waals surface area contributed by atoms with Crippen molar-refractivity contribution in [2.45, 2.75) is 50.8 Å². The number of aliphatic hydroxyl groups excluding tert-OH is 2. The van der Waals surface area contributed by atoms with Gasteiger partial charge in [-0.15, -0.1) is 0 Å². The monoisotopic (exact) mass is 376 g/mol. The molecule has 2 saturated carbocycles. The molecule has 7 heteroatoms. The van der Waals surface area contributed by atoms with Crippen molar-refractivity contribution in [3.63, 3.8) is 0 Å². The summed E-state index contributed by atoms with van der Waals surface area (Å²) in [6.45, 7) is 7.64. The van der Waals surface area contributed by atoms with Crippen LogP contribution in [0.15, 0.2) is 23.8 Å². The van der Waals surface area contributed by atoms with E-state index >= 15 is 0 Å². The van der Waals surface area contributed by atoms with Gasteiger partial charge >= 0.3 is 5.97 Å². The molecule has 27 heavy (non-hydrogen) atoms. The average Bonchev–Trinajstić information content (AvgIpc) is 2.90. The highest BCUT2D eigenvalue weighted by Gasteiger charge is 2.81. The van der Waals surface area contributed by atoms with E-state index in [2.05, 4.69) is 6.58 Å². The predicted octanol–water partition coefficient (Wildman–Crippen LogP) is 0.0863. The smallest absolute Gasteiger partial charge is 0.306 e. The standard InChI is InChI=1S/C20H24O7/c1-8-4-12(21)16(24)18(3)10(8)5-13-19-7-26-20(25,17(18)19)15(23)9(2)11(19)6-14(22)27-13/h4,10-11,13,15-17,23-25H,2,5-7H2,1,3H3/t10-,11-,13+,15-,16+,17-,18+,19+,20-/m0/s1. The molecule has 0 amide bonds. The molecular weight excluding hydrogens is 352 g/mol. The van der Waals surface area contributed by atoms with Gasteiger partial charge in [-0.25, -0.2) is 0 Å². The molecule has 2 aliphatic heterocycles. The summed E-state index contributed by atoms with van der Waals surface area (Å²) >= 11 is 0. The Balaban J connectivity index is 1.79. The van der Waals surface area contributed by atoms with Gasteiger partial charge in [0.1, 0.15) is 18.3 Å². The fraction of sp³-hybridized carbons (Fsp3) is 0.700. The van der Waals surface area contributed by atoms with Gasteiger partial charge in [0, 0.05) is 22.7 Å². The van der Waals surface area contributed by atoms with Crippen LogP contribution in [-0.2, 0) is 19.1 Å². The van der Waals surface area contributed by atoms with Crippen molar-refractivity contribution in [2.24, 2.45) is 28.6 Å². The van der Waals surface area contributed by atoms with Gasteiger partial charge < -0.3 is 24.8 Å². The molecule has 0 radical (unpaired) electrons. The number of carbonyl (C=O) groups excluding carboxylic acids is 2. The van der Waals surface area contributed by atoms with E-state index in [9.17, 15) is 24.9 Å². The number of ketones is 1. The van der Waals surface area contributed by atoms with Crippen molar-refractivity contribution in [1.29, 1.82) is 0 Å². The molecule has 0 aromatic rings. The lowest BCUT2D eigenvalue weighted by Crippen LogP contribution is -2.74. The van der Waals surface area contributed by atoms with Crippen molar-refractivity contribution in [3.8, 4) is 0 Å². The van der Waals surface area contributed by atoms with E-state index in [0.717, 1.165) is 5.57 Å². The summed E-state index contributed by atoms with van der Waals surface area (Å²) in [4.78, 5) is 24.8. The third kappa shape index (κ3) is 1.69. The van der Waals surface area contributed by atoms with Gasteiger partial charge in [-0.2, -0.15) is 0 Å². The van der Waals surface area contributed by atoms with Crippen LogP contribution in [0.25, 0.3) is 0 Å². The highest BCUT2D eigenvalue weighted by atomic mass is 16.6. The molecule has 2 heterocycles. The van der Waals surface area contributed by atoms with E-state index in [0.29, 0.717) is 12.0 Å². The van der Waals surface area contributed by atoms with Crippen LogP contribution in [-0.4, -0.2) is 57.8 Å². The van der Waals surface area contributed by atoms with E-state index in [1.165, 1.54) is 6.08 Å². The summed E-state index contributed by atoms with van der Waals surface area (Å²) in [5.74, 6) is -4.25. The first-order chi connectivity index (χ1) is 12.6. The Bertz CT molecular complexity index is 817. The van der Waals surface area contributed by atoms with Gasteiger partial charge in [0.25, 0.3) is 0 Å². The Morgan fingerprint density at radius 3 is 2.63 bits per heavy atom. The minimum atomic E-state index is -1.98. The highest BCUT2D eigenvalue weighted by molar-refractivity contribution is 5.96. The van der Waals surface area contributed by atoms with E-state index in [4.69, 9.17) is 9.47 Å². The van der Waals surface area contributed by atoms with Crippen molar-refractivity contribution >= 4 is 11.8 Å². The van der Waals surface area contributed by atoms with Crippen molar-refractivity contribution in [3.05, 3.63) is 23.8 Å². The molecule has 3 aliphatic carbocycles. The quantitative estimate of drug-likeness (QED) is 0.405. The Kier molecular flexibility index (Phi) is 3.18. The fourth-order valence-electron chi connectivity index (χ4n) is 7.14. The first kappa shape index (κ1) is 17.6. The second kappa shape index (κ2) is 4.89. The van der Waals surface area contributed by atoms with Gasteiger partial charge in [-0.1, -0.05) is 19.1 Å². The predicted molar refractivity (Wildman–Crippen MR) is 90.9 cm³/mol. The zero-order valence-corrected chi connectivity index (χ0v) is 15.3. The van der Waals surface area contributed by atoms with Crippen LogP contribution in [0.4, 0.5) is 0 Å². The second-order valence-corrected chi connectivity index (χ2v) is 9.15. The lowest BCUT2D eigenvalue weighted by molar-refractivity contribution is -0.305. The lowest BCUT2D eigenvalue weighted by atomic mass is 9.39. The maximum atomic E-state index is 12.5. The van der Waals surface area contributed by atoms with E-state index < -0.39 is 52.5 Å². The number of carbonyl (C=O) groups is 2. The maximum Gasteiger partial charge on any atom is 0.306 e. The van der Waals surface area contributed by atoms with Crippen LogP contribution in [0.2, 0.25) is 0 Å². The van der Waals surface area contributed by atoms with Crippen LogP contribution < -0.4 is 0 Å². The van der Waals surface area contributed by atoms with Gasteiger partial charge in [0.15, 0.2) is 11.6 Å². The lowest BCUT2D eigenvalue weighted by Gasteiger charge is -2.66. The topological polar surface area (TPSA) is 113 Å². The number of hydrogen-bond donors (Lipinski definition) is 3. The molecular formula is C20H24O7.